The first-order valence-corrected chi connectivity index (χ1v) is 5.91. The van der Waals surface area contributed by atoms with Crippen LogP contribution in [0.15, 0.2) is 30.3 Å². The number of hydrogen-bond donors (Lipinski definition) is 1. The van der Waals surface area contributed by atoms with Gasteiger partial charge < -0.3 is 5.32 Å². The van der Waals surface area contributed by atoms with Gasteiger partial charge in [0.15, 0.2) is 10.8 Å². The topological polar surface area (TPSA) is 98.0 Å². The van der Waals surface area contributed by atoms with Crippen LogP contribution < -0.4 is 5.32 Å². The summed E-state index contributed by atoms with van der Waals surface area (Å²) >= 11 is 5.58. The van der Waals surface area contributed by atoms with Crippen molar-refractivity contribution in [1.29, 1.82) is 0 Å². The number of anilines is 1. The Bertz CT molecular complexity index is 673. The second kappa shape index (κ2) is 5.62. The summed E-state index contributed by atoms with van der Waals surface area (Å²) in [7, 11) is 0. The molecule has 0 saturated heterocycles. The highest BCUT2D eigenvalue weighted by atomic mass is 35.5. The quantitative estimate of drug-likeness (QED) is 0.692. The smallest absolute Gasteiger partial charge is 0.276 e. The lowest BCUT2D eigenvalue weighted by atomic mass is 10.1. The standard InChI is InChI=1S/C12H9ClN4O3/c1-7-6-8(17(19)20)2-3-9(7)14-12(18)10-4-5-11(13)16-15-10/h2-6H,1H3,(H,14,18). The van der Waals surface area contributed by atoms with E-state index in [0.717, 1.165) is 0 Å². The predicted octanol–water partition coefficient (Wildman–Crippen LogP) is 2.60. The molecule has 0 atom stereocenters. The van der Waals surface area contributed by atoms with E-state index in [2.05, 4.69) is 15.5 Å². The first kappa shape index (κ1) is 13.9. The molecule has 2 rings (SSSR count). The second-order valence-electron chi connectivity index (χ2n) is 3.95. The third-order valence-corrected chi connectivity index (χ3v) is 2.74. The van der Waals surface area contributed by atoms with Crippen LogP contribution in [0, 0.1) is 17.0 Å². The van der Waals surface area contributed by atoms with Gasteiger partial charge in [-0.25, -0.2) is 0 Å². The minimum absolute atomic E-state index is 0.0354. The molecule has 0 saturated carbocycles. The molecule has 0 aliphatic carbocycles. The van der Waals surface area contributed by atoms with Crippen molar-refractivity contribution in [3.05, 3.63) is 56.9 Å². The fourth-order valence-corrected chi connectivity index (χ4v) is 1.63. The zero-order chi connectivity index (χ0) is 14.7. The van der Waals surface area contributed by atoms with Gasteiger partial charge in [0.1, 0.15) is 0 Å². The number of carbonyl (C=O) groups is 1. The maximum atomic E-state index is 11.9. The van der Waals surface area contributed by atoms with E-state index >= 15 is 0 Å². The van der Waals surface area contributed by atoms with Crippen molar-refractivity contribution in [2.45, 2.75) is 6.92 Å². The number of nitrogens with one attached hydrogen (secondary N) is 1. The van der Waals surface area contributed by atoms with Gasteiger partial charge in [-0.15, -0.1) is 10.2 Å². The van der Waals surface area contributed by atoms with Crippen LogP contribution in [0.25, 0.3) is 0 Å². The third kappa shape index (κ3) is 3.07. The minimum Gasteiger partial charge on any atom is -0.320 e. The van der Waals surface area contributed by atoms with E-state index < -0.39 is 10.8 Å². The van der Waals surface area contributed by atoms with Crippen LogP contribution in [0.1, 0.15) is 16.1 Å². The number of aryl methyl sites for hydroxylation is 1. The van der Waals surface area contributed by atoms with Gasteiger partial charge in [0.25, 0.3) is 11.6 Å². The third-order valence-electron chi connectivity index (χ3n) is 2.53. The molecule has 2 aromatic rings. The van der Waals surface area contributed by atoms with Crippen LogP contribution >= 0.6 is 11.6 Å². The molecule has 0 radical (unpaired) electrons. The Morgan fingerprint density at radius 2 is 2.05 bits per heavy atom. The van der Waals surface area contributed by atoms with Gasteiger partial charge >= 0.3 is 0 Å². The predicted molar refractivity (Wildman–Crippen MR) is 72.8 cm³/mol. The van der Waals surface area contributed by atoms with E-state index in [-0.39, 0.29) is 16.5 Å². The molecule has 0 aliphatic heterocycles. The normalized spacial score (nSPS) is 10.1. The van der Waals surface area contributed by atoms with E-state index in [4.69, 9.17) is 11.6 Å². The zero-order valence-electron chi connectivity index (χ0n) is 10.3. The van der Waals surface area contributed by atoms with Crippen molar-refractivity contribution in [1.82, 2.24) is 10.2 Å². The molecule has 1 N–H and O–H groups in total. The van der Waals surface area contributed by atoms with Crippen molar-refractivity contribution < 1.29 is 9.72 Å². The average molecular weight is 293 g/mol. The van der Waals surface area contributed by atoms with Gasteiger partial charge in [-0.3, -0.25) is 14.9 Å². The van der Waals surface area contributed by atoms with Gasteiger partial charge in [0.2, 0.25) is 0 Å². The second-order valence-corrected chi connectivity index (χ2v) is 4.34. The van der Waals surface area contributed by atoms with Gasteiger partial charge in [-0.1, -0.05) is 11.6 Å². The lowest BCUT2D eigenvalue weighted by Gasteiger charge is -2.07. The lowest BCUT2D eigenvalue weighted by molar-refractivity contribution is -0.384. The molecule has 1 aromatic carbocycles. The van der Waals surface area contributed by atoms with Crippen LogP contribution in [-0.2, 0) is 0 Å². The van der Waals surface area contributed by atoms with E-state index in [1.54, 1.807) is 6.92 Å². The molecular formula is C12H9ClN4O3. The number of hydrogen-bond acceptors (Lipinski definition) is 5. The van der Waals surface area contributed by atoms with Crippen molar-refractivity contribution in [2.75, 3.05) is 5.32 Å². The number of non-ortho nitro benzene ring substituents is 1. The molecule has 7 nitrogen and oxygen atoms in total. The Hall–Kier alpha value is -2.54. The average Bonchev–Trinajstić information content (AvgIpc) is 2.41. The summed E-state index contributed by atoms with van der Waals surface area (Å²) in [6, 6.07) is 7.05. The number of nitro benzene ring substituents is 1. The Morgan fingerprint density at radius 3 is 2.60 bits per heavy atom. The number of carbonyl (C=O) groups excluding carboxylic acids is 1. The fraction of sp³-hybridized carbons (Fsp3) is 0.0833. The summed E-state index contributed by atoms with van der Waals surface area (Å²) in [6.45, 7) is 1.66. The highest BCUT2D eigenvalue weighted by Gasteiger charge is 2.12. The zero-order valence-corrected chi connectivity index (χ0v) is 11.1. The number of aromatic nitrogens is 2. The molecule has 8 heteroatoms. The molecule has 1 aromatic heterocycles. The first-order valence-electron chi connectivity index (χ1n) is 5.53. The number of nitro groups is 1. The molecule has 0 spiro atoms. The minimum atomic E-state index is -0.497. The van der Waals surface area contributed by atoms with Crippen LogP contribution in [-0.4, -0.2) is 21.0 Å². The highest BCUT2D eigenvalue weighted by Crippen LogP contribution is 2.21. The van der Waals surface area contributed by atoms with Gasteiger partial charge in [0.05, 0.1) is 4.92 Å². The summed E-state index contributed by atoms with van der Waals surface area (Å²) in [6.07, 6.45) is 0. The van der Waals surface area contributed by atoms with Crippen molar-refractivity contribution in [2.24, 2.45) is 0 Å². The Morgan fingerprint density at radius 1 is 1.30 bits per heavy atom. The van der Waals surface area contributed by atoms with Gasteiger partial charge in [0, 0.05) is 17.8 Å². The number of rotatable bonds is 3. The summed E-state index contributed by atoms with van der Waals surface area (Å²) in [5.41, 5.74) is 1.12. The highest BCUT2D eigenvalue weighted by molar-refractivity contribution is 6.29. The van der Waals surface area contributed by atoms with Crippen molar-refractivity contribution in [3.8, 4) is 0 Å². The number of amides is 1. The molecule has 102 valence electrons. The Kier molecular flexibility index (Phi) is 3.90. The maximum absolute atomic E-state index is 11.9. The SMILES string of the molecule is Cc1cc([N+](=O)[O-])ccc1NC(=O)c1ccc(Cl)nn1. The first-order chi connectivity index (χ1) is 9.47. The van der Waals surface area contributed by atoms with E-state index in [1.165, 1.54) is 30.3 Å². The lowest BCUT2D eigenvalue weighted by Crippen LogP contribution is -2.15. The van der Waals surface area contributed by atoms with Crippen molar-refractivity contribution >= 4 is 28.9 Å². The monoisotopic (exact) mass is 292 g/mol. The molecule has 0 fully saturated rings. The number of nitrogens with zero attached hydrogens (tertiary/aromatic N) is 3. The molecule has 0 unspecified atom stereocenters. The maximum Gasteiger partial charge on any atom is 0.276 e. The van der Waals surface area contributed by atoms with Gasteiger partial charge in [-0.05, 0) is 30.7 Å². The van der Waals surface area contributed by atoms with Crippen molar-refractivity contribution in [3.63, 3.8) is 0 Å². The van der Waals surface area contributed by atoms with E-state index in [9.17, 15) is 14.9 Å². The summed E-state index contributed by atoms with van der Waals surface area (Å²) in [5.74, 6) is -0.467. The molecule has 0 bridgehead atoms. The molecular weight excluding hydrogens is 284 g/mol. The summed E-state index contributed by atoms with van der Waals surface area (Å²) in [4.78, 5) is 22.0. The molecule has 20 heavy (non-hydrogen) atoms. The number of halogens is 1. The Balaban J connectivity index is 2.19. The van der Waals surface area contributed by atoms with E-state index in [0.29, 0.717) is 11.3 Å². The summed E-state index contributed by atoms with van der Waals surface area (Å²) < 4.78 is 0. The summed E-state index contributed by atoms with van der Waals surface area (Å²) in [5, 5.41) is 20.6. The number of benzene rings is 1. The van der Waals surface area contributed by atoms with Crippen LogP contribution in [0.5, 0.6) is 0 Å². The molecule has 1 amide bonds. The largest absolute Gasteiger partial charge is 0.320 e. The van der Waals surface area contributed by atoms with Crippen LogP contribution in [0.2, 0.25) is 5.15 Å². The fourth-order valence-electron chi connectivity index (χ4n) is 1.53. The van der Waals surface area contributed by atoms with Crippen LogP contribution in [0.4, 0.5) is 11.4 Å². The van der Waals surface area contributed by atoms with Gasteiger partial charge in [-0.2, -0.15) is 0 Å². The Labute approximate surface area is 118 Å². The van der Waals surface area contributed by atoms with E-state index in [1.807, 2.05) is 0 Å². The molecule has 0 aliphatic rings. The van der Waals surface area contributed by atoms with Crippen LogP contribution in [0.3, 0.4) is 0 Å². The molecule has 1 heterocycles.